The first-order chi connectivity index (χ1) is 17.6. The Balaban J connectivity index is 1.55. The van der Waals surface area contributed by atoms with Crippen LogP contribution in [0.25, 0.3) is 17.1 Å². The van der Waals surface area contributed by atoms with Crippen LogP contribution in [0.15, 0.2) is 72.8 Å². The van der Waals surface area contributed by atoms with Gasteiger partial charge in [-0.2, -0.15) is 4.98 Å². The number of benzene rings is 3. The van der Waals surface area contributed by atoms with Gasteiger partial charge in [0.05, 0.1) is 26.5 Å². The van der Waals surface area contributed by atoms with Gasteiger partial charge in [-0.15, -0.1) is 5.10 Å². The highest BCUT2D eigenvalue weighted by Crippen LogP contribution is 2.26. The van der Waals surface area contributed by atoms with E-state index < -0.39 is 0 Å². The summed E-state index contributed by atoms with van der Waals surface area (Å²) in [5.41, 5.74) is 2.79. The van der Waals surface area contributed by atoms with E-state index in [4.69, 9.17) is 18.9 Å². The highest BCUT2D eigenvalue weighted by atomic mass is 16.5. The summed E-state index contributed by atoms with van der Waals surface area (Å²) in [7, 11) is 3.21. The Kier molecular flexibility index (Phi) is 8.15. The van der Waals surface area contributed by atoms with Crippen molar-refractivity contribution in [1.29, 1.82) is 0 Å². The van der Waals surface area contributed by atoms with E-state index >= 15 is 0 Å². The third kappa shape index (κ3) is 6.00. The molecular formula is C27H28N4O5. The van der Waals surface area contributed by atoms with Crippen molar-refractivity contribution in [2.45, 2.75) is 6.92 Å². The highest BCUT2D eigenvalue weighted by molar-refractivity contribution is 6.04. The molecule has 0 saturated heterocycles. The number of amides is 1. The second-order valence-corrected chi connectivity index (χ2v) is 7.63. The molecule has 3 aromatic carbocycles. The molecule has 0 saturated carbocycles. The number of nitrogens with zero attached hydrogens (tertiary/aromatic N) is 3. The number of rotatable bonds is 11. The molecule has 0 unspecified atom stereocenters. The van der Waals surface area contributed by atoms with Crippen molar-refractivity contribution in [2.75, 3.05) is 39.4 Å². The Labute approximate surface area is 209 Å². The molecule has 1 heterocycles. The molecule has 0 spiro atoms. The minimum Gasteiger partial charge on any atom is -0.497 e. The quantitative estimate of drug-likeness (QED) is 0.308. The summed E-state index contributed by atoms with van der Waals surface area (Å²) in [5.74, 6) is 1.83. The van der Waals surface area contributed by atoms with Crippen molar-refractivity contribution >= 4 is 11.6 Å². The molecule has 0 fully saturated rings. The lowest BCUT2D eigenvalue weighted by molar-refractivity contribution is 0.102. The molecule has 0 radical (unpaired) electrons. The van der Waals surface area contributed by atoms with Gasteiger partial charge in [-0.1, -0.05) is 0 Å². The lowest BCUT2D eigenvalue weighted by Gasteiger charge is -2.09. The van der Waals surface area contributed by atoms with Gasteiger partial charge in [-0.25, -0.2) is 4.68 Å². The van der Waals surface area contributed by atoms with Gasteiger partial charge < -0.3 is 24.3 Å². The summed E-state index contributed by atoms with van der Waals surface area (Å²) in [6, 6.07) is 22.1. The molecular weight excluding hydrogens is 460 g/mol. The fraction of sp³-hybridized carbons (Fsp3) is 0.222. The molecule has 0 bridgehead atoms. The van der Waals surface area contributed by atoms with Gasteiger partial charge in [-0.05, 0) is 79.7 Å². The predicted molar refractivity (Wildman–Crippen MR) is 136 cm³/mol. The van der Waals surface area contributed by atoms with E-state index in [1.807, 2.05) is 55.5 Å². The third-order valence-corrected chi connectivity index (χ3v) is 5.32. The van der Waals surface area contributed by atoms with Gasteiger partial charge in [0.1, 0.15) is 18.1 Å². The molecule has 9 heteroatoms. The Morgan fingerprint density at radius 2 is 1.50 bits per heavy atom. The number of carbonyl (C=O) groups is 1. The van der Waals surface area contributed by atoms with Crippen LogP contribution < -0.4 is 19.5 Å². The fourth-order valence-electron chi connectivity index (χ4n) is 3.43. The van der Waals surface area contributed by atoms with Gasteiger partial charge in [0.2, 0.25) is 0 Å². The molecule has 1 aromatic heterocycles. The Morgan fingerprint density at radius 1 is 0.861 bits per heavy atom. The molecule has 1 N–H and O–H groups in total. The first-order valence-electron chi connectivity index (χ1n) is 11.5. The van der Waals surface area contributed by atoms with Gasteiger partial charge in [0, 0.05) is 23.4 Å². The predicted octanol–water partition coefficient (Wildman–Crippen LogP) is 4.62. The molecule has 186 valence electrons. The smallest absolute Gasteiger partial charge is 0.336 e. The van der Waals surface area contributed by atoms with E-state index in [9.17, 15) is 4.79 Å². The summed E-state index contributed by atoms with van der Waals surface area (Å²) in [6.45, 7) is 3.34. The average molecular weight is 489 g/mol. The Morgan fingerprint density at radius 3 is 2.11 bits per heavy atom. The van der Waals surface area contributed by atoms with Gasteiger partial charge >= 0.3 is 6.01 Å². The minimum atomic E-state index is -0.213. The lowest BCUT2D eigenvalue weighted by Crippen LogP contribution is -2.11. The van der Waals surface area contributed by atoms with Gasteiger partial charge in [0.25, 0.3) is 5.91 Å². The maximum Gasteiger partial charge on any atom is 0.336 e. The number of nitrogens with one attached hydrogen (secondary N) is 1. The van der Waals surface area contributed by atoms with E-state index in [1.165, 1.54) is 0 Å². The number of anilines is 1. The van der Waals surface area contributed by atoms with Crippen LogP contribution >= 0.6 is 0 Å². The molecule has 0 aliphatic rings. The van der Waals surface area contributed by atoms with Crippen LogP contribution in [0.3, 0.4) is 0 Å². The number of hydrogen-bond acceptors (Lipinski definition) is 7. The average Bonchev–Trinajstić information content (AvgIpc) is 3.36. The van der Waals surface area contributed by atoms with Crippen molar-refractivity contribution in [2.24, 2.45) is 0 Å². The number of carbonyl (C=O) groups excluding carboxylic acids is 1. The molecule has 4 aromatic rings. The Bertz CT molecular complexity index is 1270. The zero-order valence-electron chi connectivity index (χ0n) is 20.4. The van der Waals surface area contributed by atoms with Crippen LogP contribution in [0.4, 0.5) is 5.69 Å². The topological polar surface area (TPSA) is 96.7 Å². The zero-order chi connectivity index (χ0) is 25.3. The summed E-state index contributed by atoms with van der Waals surface area (Å²) >= 11 is 0. The largest absolute Gasteiger partial charge is 0.497 e. The Hall–Kier alpha value is -4.37. The molecule has 9 nitrogen and oxygen atoms in total. The summed E-state index contributed by atoms with van der Waals surface area (Å²) in [6.07, 6.45) is 0. The molecule has 4 rings (SSSR count). The highest BCUT2D eigenvalue weighted by Gasteiger charge is 2.15. The molecule has 0 atom stereocenters. The number of hydrogen-bond donors (Lipinski definition) is 1. The van der Waals surface area contributed by atoms with Crippen LogP contribution in [-0.2, 0) is 4.74 Å². The van der Waals surface area contributed by atoms with E-state index in [1.54, 1.807) is 43.2 Å². The van der Waals surface area contributed by atoms with Crippen molar-refractivity contribution in [1.82, 2.24) is 14.8 Å². The van der Waals surface area contributed by atoms with Crippen molar-refractivity contribution in [3.05, 3.63) is 78.4 Å². The van der Waals surface area contributed by atoms with Crippen LogP contribution in [0.5, 0.6) is 17.5 Å². The third-order valence-electron chi connectivity index (χ3n) is 5.32. The summed E-state index contributed by atoms with van der Waals surface area (Å²) < 4.78 is 23.1. The van der Waals surface area contributed by atoms with Crippen LogP contribution in [0, 0.1) is 0 Å². The first kappa shape index (κ1) is 24.7. The number of methoxy groups -OCH3 is 2. The van der Waals surface area contributed by atoms with Gasteiger partial charge in [0.15, 0.2) is 5.82 Å². The monoisotopic (exact) mass is 488 g/mol. The maximum absolute atomic E-state index is 12.6. The minimum absolute atomic E-state index is 0.213. The van der Waals surface area contributed by atoms with E-state index in [0.29, 0.717) is 42.6 Å². The summed E-state index contributed by atoms with van der Waals surface area (Å²) in [4.78, 5) is 17.2. The zero-order valence-corrected chi connectivity index (χ0v) is 20.4. The molecule has 36 heavy (non-hydrogen) atoms. The normalized spacial score (nSPS) is 10.6. The van der Waals surface area contributed by atoms with Crippen molar-refractivity contribution < 1.29 is 23.7 Å². The van der Waals surface area contributed by atoms with Gasteiger partial charge in [-0.3, -0.25) is 4.79 Å². The standard InChI is InChI=1S/C27H28N4O5/c1-4-35-17-18-36-27-29-25(19-5-13-23(33-2)14-6-19)31(30-27)22-11-9-21(10-12-22)28-26(32)20-7-15-24(34-3)16-8-20/h5-16H,4,17-18H2,1-3H3,(H,28,32). The van der Waals surface area contributed by atoms with Crippen LogP contribution in [0.1, 0.15) is 17.3 Å². The van der Waals surface area contributed by atoms with E-state index in [-0.39, 0.29) is 11.9 Å². The number of aromatic nitrogens is 3. The molecule has 0 aliphatic carbocycles. The number of ether oxygens (including phenoxy) is 4. The first-order valence-corrected chi connectivity index (χ1v) is 11.5. The van der Waals surface area contributed by atoms with Crippen LogP contribution in [-0.4, -0.2) is 54.7 Å². The molecule has 1 amide bonds. The lowest BCUT2D eigenvalue weighted by atomic mass is 10.2. The van der Waals surface area contributed by atoms with Crippen molar-refractivity contribution in [3.8, 4) is 34.6 Å². The summed E-state index contributed by atoms with van der Waals surface area (Å²) in [5, 5.41) is 7.45. The van der Waals surface area contributed by atoms with Crippen molar-refractivity contribution in [3.63, 3.8) is 0 Å². The maximum atomic E-state index is 12.6. The SMILES string of the molecule is CCOCCOc1nc(-c2ccc(OC)cc2)n(-c2ccc(NC(=O)c3ccc(OC)cc3)cc2)n1. The second-order valence-electron chi connectivity index (χ2n) is 7.63. The fourth-order valence-corrected chi connectivity index (χ4v) is 3.43. The van der Waals surface area contributed by atoms with E-state index in [0.717, 1.165) is 17.0 Å². The van der Waals surface area contributed by atoms with Crippen LogP contribution in [0.2, 0.25) is 0 Å². The van der Waals surface area contributed by atoms with E-state index in [2.05, 4.69) is 15.4 Å². The molecule has 0 aliphatic heterocycles. The second kappa shape index (κ2) is 11.9.